The maximum absolute atomic E-state index is 12.4. The summed E-state index contributed by atoms with van der Waals surface area (Å²) in [4.78, 5) is 16.6. The molecule has 0 aliphatic carbocycles. The van der Waals surface area contributed by atoms with Gasteiger partial charge < -0.3 is 14.8 Å². The van der Waals surface area contributed by atoms with Gasteiger partial charge in [0.15, 0.2) is 0 Å². The van der Waals surface area contributed by atoms with E-state index in [-0.39, 0.29) is 22.8 Å². The van der Waals surface area contributed by atoms with Gasteiger partial charge in [0.1, 0.15) is 17.6 Å². The Balaban J connectivity index is 2.16. The molecule has 1 aromatic heterocycles. The Morgan fingerprint density at radius 3 is 2.11 bits per heavy atom. The Labute approximate surface area is 168 Å². The third-order valence-corrected chi connectivity index (χ3v) is 4.81. The molecule has 28 heavy (non-hydrogen) atoms. The number of amides is 1. The van der Waals surface area contributed by atoms with Gasteiger partial charge in [-0.05, 0) is 47.8 Å². The number of carbonyl (C=O) groups is 1. The summed E-state index contributed by atoms with van der Waals surface area (Å²) in [7, 11) is 0. The van der Waals surface area contributed by atoms with E-state index >= 15 is 0 Å². The number of rotatable bonds is 5. The van der Waals surface area contributed by atoms with E-state index in [1.165, 1.54) is 0 Å². The Hall–Kier alpha value is -2.30. The van der Waals surface area contributed by atoms with Crippen molar-refractivity contribution in [3.63, 3.8) is 0 Å². The molecular weight excluding hydrogens is 352 g/mol. The van der Waals surface area contributed by atoms with Gasteiger partial charge in [0.05, 0.1) is 6.20 Å². The largest absolute Gasteiger partial charge is 0.507 e. The number of hydrogen-bond donors (Lipinski definition) is 2. The molecule has 2 N–H and O–H groups in total. The number of hydrogen-bond acceptors (Lipinski definition) is 4. The molecule has 0 aliphatic rings. The Kier molecular flexibility index (Phi) is 6.27. The van der Waals surface area contributed by atoms with Gasteiger partial charge in [-0.2, -0.15) is 0 Å². The van der Waals surface area contributed by atoms with Crippen LogP contribution in [0.2, 0.25) is 0 Å². The van der Waals surface area contributed by atoms with Gasteiger partial charge in [-0.15, -0.1) is 0 Å². The monoisotopic (exact) mass is 386 g/mol. The van der Waals surface area contributed by atoms with E-state index in [0.717, 1.165) is 22.5 Å². The number of nitrogens with zero attached hydrogens (tertiary/aromatic N) is 1. The van der Waals surface area contributed by atoms with Crippen molar-refractivity contribution in [2.24, 2.45) is 0 Å². The Morgan fingerprint density at radius 1 is 1.14 bits per heavy atom. The van der Waals surface area contributed by atoms with Gasteiger partial charge in [-0.1, -0.05) is 53.7 Å². The summed E-state index contributed by atoms with van der Waals surface area (Å²) in [6.45, 7) is 16.2. The molecule has 2 rings (SSSR count). The van der Waals surface area contributed by atoms with E-state index < -0.39 is 0 Å². The number of aromatic hydroxyl groups is 1. The molecule has 5 heteroatoms. The summed E-state index contributed by atoms with van der Waals surface area (Å²) in [5, 5.41) is 13.7. The van der Waals surface area contributed by atoms with Crippen molar-refractivity contribution in [3.05, 3.63) is 46.7 Å². The van der Waals surface area contributed by atoms with Crippen molar-refractivity contribution >= 4 is 5.91 Å². The van der Waals surface area contributed by atoms with E-state index in [0.29, 0.717) is 24.5 Å². The zero-order chi connectivity index (χ0) is 21.3. The predicted molar refractivity (Wildman–Crippen MR) is 112 cm³/mol. The zero-order valence-corrected chi connectivity index (χ0v) is 18.4. The highest BCUT2D eigenvalue weighted by molar-refractivity contribution is 5.76. The van der Waals surface area contributed by atoms with Crippen LogP contribution in [-0.2, 0) is 22.0 Å². The molecule has 0 fully saturated rings. The SMILES string of the molecule is Cc1cnc([C@@H](C)NC(=O)CCc2cc(C(C)(C)C)c(O)c(C(C)(C)C)c2)o1. The highest BCUT2D eigenvalue weighted by atomic mass is 16.4. The molecule has 0 aliphatic heterocycles. The van der Waals surface area contributed by atoms with Crippen LogP contribution in [0.25, 0.3) is 0 Å². The summed E-state index contributed by atoms with van der Waals surface area (Å²) in [6, 6.07) is 3.79. The average Bonchev–Trinajstić information content (AvgIpc) is 2.98. The third kappa shape index (κ3) is 5.37. The van der Waals surface area contributed by atoms with Crippen molar-refractivity contribution in [1.82, 2.24) is 10.3 Å². The summed E-state index contributed by atoms with van der Waals surface area (Å²) >= 11 is 0. The highest BCUT2D eigenvalue weighted by Gasteiger charge is 2.26. The van der Waals surface area contributed by atoms with Crippen LogP contribution >= 0.6 is 0 Å². The first kappa shape index (κ1) is 22.0. The summed E-state index contributed by atoms with van der Waals surface area (Å²) in [6.07, 6.45) is 2.62. The van der Waals surface area contributed by atoms with Crippen LogP contribution in [0.4, 0.5) is 0 Å². The summed E-state index contributed by atoms with van der Waals surface area (Å²) in [5.74, 6) is 1.55. The maximum atomic E-state index is 12.4. The van der Waals surface area contributed by atoms with Gasteiger partial charge in [0.25, 0.3) is 0 Å². The molecule has 0 bridgehead atoms. The van der Waals surface area contributed by atoms with E-state index in [1.54, 1.807) is 6.20 Å². The van der Waals surface area contributed by atoms with Crippen molar-refractivity contribution in [2.75, 3.05) is 0 Å². The van der Waals surface area contributed by atoms with Crippen LogP contribution in [0.3, 0.4) is 0 Å². The standard InChI is InChI=1S/C23H34N2O3/c1-14-13-24-21(28-14)15(2)25-19(26)10-9-16-11-17(22(3,4)5)20(27)18(12-16)23(6,7)8/h11-13,15,27H,9-10H2,1-8H3,(H,25,26)/t15-/m1/s1. The number of carbonyl (C=O) groups excluding carboxylic acids is 1. The van der Waals surface area contributed by atoms with Gasteiger partial charge >= 0.3 is 0 Å². The van der Waals surface area contributed by atoms with E-state index in [1.807, 2.05) is 26.0 Å². The molecule has 2 aromatic rings. The second-order valence-corrected chi connectivity index (χ2v) is 9.64. The highest BCUT2D eigenvalue weighted by Crippen LogP contribution is 2.40. The third-order valence-electron chi connectivity index (χ3n) is 4.81. The first-order valence-corrected chi connectivity index (χ1v) is 9.87. The minimum absolute atomic E-state index is 0.0500. The van der Waals surface area contributed by atoms with Crippen LogP contribution in [0.5, 0.6) is 5.75 Å². The summed E-state index contributed by atoms with van der Waals surface area (Å²) in [5.41, 5.74) is 2.53. The van der Waals surface area contributed by atoms with E-state index in [9.17, 15) is 9.90 Å². The van der Waals surface area contributed by atoms with E-state index in [4.69, 9.17) is 4.42 Å². The predicted octanol–water partition coefficient (Wildman–Crippen LogP) is 5.09. The van der Waals surface area contributed by atoms with Gasteiger partial charge in [0.2, 0.25) is 11.8 Å². The fourth-order valence-electron chi connectivity index (χ4n) is 3.19. The molecule has 0 saturated heterocycles. The molecule has 0 unspecified atom stereocenters. The molecule has 0 radical (unpaired) electrons. The number of phenolic OH excluding ortho intramolecular Hbond substituents is 1. The molecule has 0 saturated carbocycles. The fraction of sp³-hybridized carbons (Fsp3) is 0.565. The summed E-state index contributed by atoms with van der Waals surface area (Å²) < 4.78 is 5.47. The van der Waals surface area contributed by atoms with Crippen molar-refractivity contribution < 1.29 is 14.3 Å². The minimum atomic E-state index is -0.267. The van der Waals surface area contributed by atoms with Gasteiger partial charge in [0, 0.05) is 6.42 Å². The number of phenols is 1. The molecule has 5 nitrogen and oxygen atoms in total. The zero-order valence-electron chi connectivity index (χ0n) is 18.4. The second kappa shape index (κ2) is 7.98. The number of benzene rings is 1. The van der Waals surface area contributed by atoms with Crippen molar-refractivity contribution in [3.8, 4) is 5.75 Å². The van der Waals surface area contributed by atoms with Crippen LogP contribution in [0.15, 0.2) is 22.7 Å². The van der Waals surface area contributed by atoms with Gasteiger partial charge in [-0.25, -0.2) is 4.98 Å². The average molecular weight is 387 g/mol. The second-order valence-electron chi connectivity index (χ2n) is 9.64. The van der Waals surface area contributed by atoms with Crippen molar-refractivity contribution in [1.29, 1.82) is 0 Å². The van der Waals surface area contributed by atoms with Crippen LogP contribution < -0.4 is 5.32 Å². The lowest BCUT2D eigenvalue weighted by atomic mass is 9.78. The normalized spacial score (nSPS) is 13.4. The molecule has 1 aromatic carbocycles. The molecule has 1 atom stereocenters. The molecule has 0 spiro atoms. The number of nitrogens with one attached hydrogen (secondary N) is 1. The van der Waals surface area contributed by atoms with E-state index in [2.05, 4.69) is 51.8 Å². The molecule has 1 amide bonds. The lowest BCUT2D eigenvalue weighted by Gasteiger charge is -2.28. The number of oxazole rings is 1. The van der Waals surface area contributed by atoms with Crippen molar-refractivity contribution in [2.45, 2.75) is 85.1 Å². The molecule has 1 heterocycles. The van der Waals surface area contributed by atoms with Crippen LogP contribution in [0.1, 0.15) is 89.3 Å². The Bertz CT molecular complexity index is 803. The quantitative estimate of drug-likeness (QED) is 0.750. The van der Waals surface area contributed by atoms with Crippen LogP contribution in [-0.4, -0.2) is 16.0 Å². The smallest absolute Gasteiger partial charge is 0.220 e. The maximum Gasteiger partial charge on any atom is 0.220 e. The van der Waals surface area contributed by atoms with Crippen LogP contribution in [0, 0.1) is 6.92 Å². The first-order valence-electron chi connectivity index (χ1n) is 9.87. The fourth-order valence-corrected chi connectivity index (χ4v) is 3.19. The number of aromatic nitrogens is 1. The minimum Gasteiger partial charge on any atom is -0.507 e. The lowest BCUT2D eigenvalue weighted by Crippen LogP contribution is -2.27. The Morgan fingerprint density at radius 2 is 1.68 bits per heavy atom. The van der Waals surface area contributed by atoms with Gasteiger partial charge in [-0.3, -0.25) is 4.79 Å². The molecule has 154 valence electrons. The first-order chi connectivity index (χ1) is 12.8. The number of aryl methyl sites for hydroxylation is 2. The topological polar surface area (TPSA) is 75.4 Å². The lowest BCUT2D eigenvalue weighted by molar-refractivity contribution is -0.121. The molecular formula is C23H34N2O3.